The number of hydrogen-bond donors (Lipinski definition) is 1. The number of rotatable bonds is 0. The van der Waals surface area contributed by atoms with Crippen LogP contribution in [-0.2, 0) is 11.3 Å². The van der Waals surface area contributed by atoms with E-state index in [0.717, 1.165) is 40.0 Å². The van der Waals surface area contributed by atoms with Gasteiger partial charge in [-0.1, -0.05) is 18.5 Å². The van der Waals surface area contributed by atoms with E-state index in [1.165, 1.54) is 0 Å². The fraction of sp³-hybridized carbons (Fsp3) is 0.550. The van der Waals surface area contributed by atoms with Crippen molar-refractivity contribution in [2.24, 2.45) is 0 Å². The highest BCUT2D eigenvalue weighted by Crippen LogP contribution is 2.36. The van der Waals surface area contributed by atoms with Gasteiger partial charge in [-0.25, -0.2) is 4.79 Å². The minimum absolute atomic E-state index is 0.135. The maximum absolute atomic E-state index is 12.4. The molecule has 0 bridgehead atoms. The van der Waals surface area contributed by atoms with Gasteiger partial charge in [0.15, 0.2) is 0 Å². The molecule has 7 heteroatoms. The number of piperazine rings is 1. The van der Waals surface area contributed by atoms with Crippen molar-refractivity contribution in [3.05, 3.63) is 27.2 Å². The quantitative estimate of drug-likeness (QED) is 0.479. The lowest BCUT2D eigenvalue weighted by atomic mass is 10.0. The second-order valence-corrected chi connectivity index (χ2v) is 8.97. The molecule has 3 rings (SSSR count). The summed E-state index contributed by atoms with van der Waals surface area (Å²) >= 11 is 7.64. The second-order valence-electron chi connectivity index (χ2n) is 7.95. The van der Waals surface area contributed by atoms with Crippen molar-refractivity contribution in [2.75, 3.05) is 26.2 Å². The molecular formula is C20H25BrN2O3S. The molecule has 0 saturated carbocycles. The van der Waals surface area contributed by atoms with Crippen molar-refractivity contribution in [3.8, 4) is 16.9 Å². The Morgan fingerprint density at radius 1 is 1.41 bits per heavy atom. The number of carbonyl (C=O) groups is 1. The minimum atomic E-state index is -0.488. The van der Waals surface area contributed by atoms with E-state index < -0.39 is 5.60 Å². The maximum atomic E-state index is 12.4. The SMILES string of the molecule is Cc1c(Br)c(C#CS)cc2c1OC[C@H]1CN(C(=O)OC(C)(C)C)CCN1C2. The zero-order chi connectivity index (χ0) is 19.8. The zero-order valence-corrected chi connectivity index (χ0v) is 18.6. The summed E-state index contributed by atoms with van der Waals surface area (Å²) in [6.07, 6.45) is -0.255. The van der Waals surface area contributed by atoms with Crippen molar-refractivity contribution in [1.82, 2.24) is 9.80 Å². The van der Waals surface area contributed by atoms with Crippen LogP contribution in [0.5, 0.6) is 5.75 Å². The van der Waals surface area contributed by atoms with E-state index in [2.05, 4.69) is 50.7 Å². The second kappa shape index (κ2) is 7.94. The lowest BCUT2D eigenvalue weighted by molar-refractivity contribution is -0.00156. The Kier molecular flexibility index (Phi) is 5.99. The van der Waals surface area contributed by atoms with Crippen molar-refractivity contribution in [2.45, 2.75) is 45.9 Å². The predicted molar refractivity (Wildman–Crippen MR) is 112 cm³/mol. The third-order valence-electron chi connectivity index (χ3n) is 4.76. The van der Waals surface area contributed by atoms with Crippen molar-refractivity contribution < 1.29 is 14.3 Å². The molecule has 5 nitrogen and oxygen atoms in total. The highest BCUT2D eigenvalue weighted by atomic mass is 79.9. The summed E-state index contributed by atoms with van der Waals surface area (Å²) in [4.78, 5) is 16.6. The molecule has 1 aromatic carbocycles. The molecule has 0 aliphatic carbocycles. The fourth-order valence-electron chi connectivity index (χ4n) is 3.47. The van der Waals surface area contributed by atoms with E-state index in [1.54, 1.807) is 4.90 Å². The molecular weight excluding hydrogens is 428 g/mol. The average Bonchev–Trinajstić information content (AvgIpc) is 2.76. The number of amides is 1. The van der Waals surface area contributed by atoms with Gasteiger partial charge in [0, 0.05) is 47.3 Å². The van der Waals surface area contributed by atoms with Gasteiger partial charge in [0.2, 0.25) is 0 Å². The first-order chi connectivity index (χ1) is 12.7. The maximum Gasteiger partial charge on any atom is 0.410 e. The Hall–Kier alpha value is -1.36. The van der Waals surface area contributed by atoms with Crippen LogP contribution in [0.1, 0.15) is 37.5 Å². The van der Waals surface area contributed by atoms with Crippen LogP contribution in [0.4, 0.5) is 4.79 Å². The largest absolute Gasteiger partial charge is 0.491 e. The molecule has 27 heavy (non-hydrogen) atoms. The van der Waals surface area contributed by atoms with Crippen LogP contribution in [0.25, 0.3) is 0 Å². The topological polar surface area (TPSA) is 42.0 Å². The van der Waals surface area contributed by atoms with Gasteiger partial charge >= 0.3 is 6.09 Å². The molecule has 0 unspecified atom stereocenters. The van der Waals surface area contributed by atoms with Gasteiger partial charge in [-0.2, -0.15) is 0 Å². The summed E-state index contributed by atoms with van der Waals surface area (Å²) < 4.78 is 12.6. The van der Waals surface area contributed by atoms with Gasteiger partial charge in [0.1, 0.15) is 18.0 Å². The number of carbonyl (C=O) groups excluding carboxylic acids is 1. The molecule has 1 fully saturated rings. The third-order valence-corrected chi connectivity index (χ3v) is 5.89. The molecule has 1 saturated heterocycles. The fourth-order valence-corrected chi connectivity index (χ4v) is 3.98. The standard InChI is InChI=1S/C20H25BrN2O3S/c1-13-17(21)14(5-8-27)9-15-10-22-6-7-23(19(24)26-20(2,3)4)11-16(22)12-25-18(13)15/h9,16,27H,6-7,10-12H2,1-4H3/t16-/m1/s1. The number of fused-ring (bicyclic) bond motifs is 2. The molecule has 0 aromatic heterocycles. The Labute approximate surface area is 174 Å². The van der Waals surface area contributed by atoms with Gasteiger partial charge in [-0.3, -0.25) is 4.90 Å². The summed E-state index contributed by atoms with van der Waals surface area (Å²) in [5.74, 6) is 3.93. The normalized spacial score (nSPS) is 19.8. The summed E-state index contributed by atoms with van der Waals surface area (Å²) in [5.41, 5.74) is 2.59. The van der Waals surface area contributed by atoms with Crippen molar-refractivity contribution >= 4 is 34.7 Å². The lowest BCUT2D eigenvalue weighted by Gasteiger charge is -2.40. The molecule has 1 atom stereocenters. The van der Waals surface area contributed by atoms with Crippen LogP contribution < -0.4 is 4.74 Å². The highest BCUT2D eigenvalue weighted by molar-refractivity contribution is 9.10. The molecule has 0 radical (unpaired) electrons. The Morgan fingerprint density at radius 3 is 2.81 bits per heavy atom. The van der Waals surface area contributed by atoms with E-state index in [-0.39, 0.29) is 12.1 Å². The first-order valence-electron chi connectivity index (χ1n) is 9.01. The van der Waals surface area contributed by atoms with E-state index in [9.17, 15) is 4.79 Å². The van der Waals surface area contributed by atoms with Gasteiger partial charge < -0.3 is 14.4 Å². The molecule has 1 aromatic rings. The predicted octanol–water partition coefficient (Wildman–Crippen LogP) is 3.81. The van der Waals surface area contributed by atoms with Gasteiger partial charge in [-0.15, -0.1) is 0 Å². The monoisotopic (exact) mass is 452 g/mol. The minimum Gasteiger partial charge on any atom is -0.491 e. The number of benzene rings is 1. The van der Waals surface area contributed by atoms with E-state index >= 15 is 0 Å². The van der Waals surface area contributed by atoms with Crippen LogP contribution in [0.15, 0.2) is 10.5 Å². The highest BCUT2D eigenvalue weighted by Gasteiger charge is 2.35. The van der Waals surface area contributed by atoms with Crippen LogP contribution in [0.2, 0.25) is 0 Å². The summed E-state index contributed by atoms with van der Waals surface area (Å²) in [5, 5.41) is 2.67. The molecule has 146 valence electrons. The number of thiol groups is 1. The van der Waals surface area contributed by atoms with E-state index in [4.69, 9.17) is 9.47 Å². The van der Waals surface area contributed by atoms with Crippen LogP contribution in [-0.4, -0.2) is 53.8 Å². The molecule has 2 aliphatic heterocycles. The number of halogens is 1. The van der Waals surface area contributed by atoms with Gasteiger partial charge in [0.05, 0.1) is 6.04 Å². The number of hydrogen-bond acceptors (Lipinski definition) is 5. The Morgan fingerprint density at radius 2 is 2.15 bits per heavy atom. The average molecular weight is 453 g/mol. The molecule has 0 N–H and O–H groups in total. The Balaban J connectivity index is 1.79. The third kappa shape index (κ3) is 4.56. The summed E-state index contributed by atoms with van der Waals surface area (Å²) in [7, 11) is 0. The van der Waals surface area contributed by atoms with Gasteiger partial charge in [-0.05, 0) is 54.9 Å². The molecule has 2 aliphatic rings. The van der Waals surface area contributed by atoms with Crippen molar-refractivity contribution in [3.63, 3.8) is 0 Å². The van der Waals surface area contributed by atoms with Crippen LogP contribution in [0, 0.1) is 18.1 Å². The van der Waals surface area contributed by atoms with Crippen molar-refractivity contribution in [1.29, 1.82) is 0 Å². The summed E-state index contributed by atoms with van der Waals surface area (Å²) in [6, 6.07) is 2.20. The smallest absolute Gasteiger partial charge is 0.410 e. The first kappa shape index (κ1) is 20.4. The summed E-state index contributed by atoms with van der Waals surface area (Å²) in [6.45, 7) is 11.1. The molecule has 0 spiro atoms. The van der Waals surface area contributed by atoms with Crippen LogP contribution in [0.3, 0.4) is 0 Å². The van der Waals surface area contributed by atoms with E-state index in [0.29, 0.717) is 19.7 Å². The molecule has 2 heterocycles. The Bertz CT molecular complexity index is 810. The molecule has 1 amide bonds. The number of nitrogens with zero attached hydrogens (tertiary/aromatic N) is 2. The first-order valence-corrected chi connectivity index (χ1v) is 10.3. The van der Waals surface area contributed by atoms with Gasteiger partial charge in [0.25, 0.3) is 0 Å². The van der Waals surface area contributed by atoms with Crippen LogP contribution >= 0.6 is 28.6 Å². The van der Waals surface area contributed by atoms with E-state index in [1.807, 2.05) is 27.7 Å². The lowest BCUT2D eigenvalue weighted by Crippen LogP contribution is -2.56. The number of ether oxygens (including phenoxy) is 2. The zero-order valence-electron chi connectivity index (χ0n) is 16.1.